The molecule has 0 radical (unpaired) electrons. The lowest BCUT2D eigenvalue weighted by molar-refractivity contribution is 0.396. The molecule has 1 aliphatic rings. The van der Waals surface area contributed by atoms with Gasteiger partial charge in [-0.05, 0) is 37.5 Å². The van der Waals surface area contributed by atoms with Gasteiger partial charge in [-0.15, -0.1) is 0 Å². The summed E-state index contributed by atoms with van der Waals surface area (Å²) in [5.41, 5.74) is 2.49. The summed E-state index contributed by atoms with van der Waals surface area (Å²) in [5, 5.41) is 3.62. The minimum absolute atomic E-state index is 0.503. The van der Waals surface area contributed by atoms with Crippen molar-refractivity contribution in [1.29, 1.82) is 0 Å². The molecule has 2 heterocycles. The smallest absolute Gasteiger partial charge is 0.228 e. The van der Waals surface area contributed by atoms with E-state index in [4.69, 9.17) is 4.74 Å². The molecule has 2 aromatic rings. The van der Waals surface area contributed by atoms with Gasteiger partial charge in [0.15, 0.2) is 0 Å². The first-order valence-electron chi connectivity index (χ1n) is 7.70. The van der Waals surface area contributed by atoms with Gasteiger partial charge in [0.2, 0.25) is 11.8 Å². The molecule has 0 bridgehead atoms. The van der Waals surface area contributed by atoms with Crippen molar-refractivity contribution in [2.45, 2.75) is 25.8 Å². The van der Waals surface area contributed by atoms with Crippen LogP contribution in [0, 0.1) is 6.92 Å². The molecule has 0 saturated carbocycles. The largest absolute Gasteiger partial charge is 0.481 e. The molecule has 1 saturated heterocycles. The Balaban J connectivity index is 1.58. The molecule has 0 spiro atoms. The molecule has 116 valence electrons. The normalized spacial score (nSPS) is 15.6. The summed E-state index contributed by atoms with van der Waals surface area (Å²) in [6.07, 6.45) is 3.90. The average Bonchev–Trinajstić information content (AvgIpc) is 2.56. The van der Waals surface area contributed by atoms with Crippen LogP contribution in [0.5, 0.6) is 5.88 Å². The number of aryl methyl sites for hydroxylation is 1. The summed E-state index contributed by atoms with van der Waals surface area (Å²) in [5.74, 6) is 1.37. The van der Waals surface area contributed by atoms with Gasteiger partial charge in [-0.2, -0.15) is 4.98 Å². The van der Waals surface area contributed by atoms with Crippen LogP contribution < -0.4 is 15.0 Å². The molecular formula is C17H22N4O. The Hall–Kier alpha value is -2.30. The number of rotatable bonds is 4. The van der Waals surface area contributed by atoms with Crippen molar-refractivity contribution in [3.8, 4) is 5.88 Å². The maximum atomic E-state index is 5.17. The molecule has 0 aliphatic carbocycles. The van der Waals surface area contributed by atoms with E-state index in [1.54, 1.807) is 19.4 Å². The Bertz CT molecular complexity index is 624. The topological polar surface area (TPSA) is 50.3 Å². The Labute approximate surface area is 131 Å². The lowest BCUT2D eigenvalue weighted by Gasteiger charge is -2.33. The van der Waals surface area contributed by atoms with Crippen LogP contribution in [0.25, 0.3) is 0 Å². The van der Waals surface area contributed by atoms with E-state index in [-0.39, 0.29) is 0 Å². The Morgan fingerprint density at radius 1 is 1.23 bits per heavy atom. The third-order valence-corrected chi connectivity index (χ3v) is 3.99. The van der Waals surface area contributed by atoms with Crippen molar-refractivity contribution in [2.75, 3.05) is 30.4 Å². The molecule has 5 nitrogen and oxygen atoms in total. The number of aromatic nitrogens is 2. The van der Waals surface area contributed by atoms with Crippen molar-refractivity contribution < 1.29 is 4.74 Å². The first kappa shape index (κ1) is 14.6. The molecule has 0 amide bonds. The summed E-state index contributed by atoms with van der Waals surface area (Å²) >= 11 is 0. The zero-order valence-corrected chi connectivity index (χ0v) is 13.1. The SMILES string of the molecule is COc1ccnc(N2CCC(Nc3cccc(C)c3)CC2)n1. The molecule has 1 aromatic carbocycles. The fourth-order valence-corrected chi connectivity index (χ4v) is 2.79. The molecular weight excluding hydrogens is 276 g/mol. The molecule has 1 fully saturated rings. The van der Waals surface area contributed by atoms with Crippen LogP contribution in [0.15, 0.2) is 36.5 Å². The highest BCUT2D eigenvalue weighted by Gasteiger charge is 2.21. The lowest BCUT2D eigenvalue weighted by Crippen LogP contribution is -2.40. The highest BCUT2D eigenvalue weighted by molar-refractivity contribution is 5.46. The van der Waals surface area contributed by atoms with Gasteiger partial charge in [-0.25, -0.2) is 4.98 Å². The maximum Gasteiger partial charge on any atom is 0.228 e. The number of nitrogens with zero attached hydrogens (tertiary/aromatic N) is 3. The second-order valence-electron chi connectivity index (χ2n) is 5.67. The van der Waals surface area contributed by atoms with Crippen molar-refractivity contribution in [1.82, 2.24) is 9.97 Å². The van der Waals surface area contributed by atoms with E-state index in [0.717, 1.165) is 31.9 Å². The second-order valence-corrected chi connectivity index (χ2v) is 5.67. The van der Waals surface area contributed by atoms with E-state index >= 15 is 0 Å². The van der Waals surface area contributed by atoms with Gasteiger partial charge in [0.1, 0.15) is 0 Å². The third-order valence-electron chi connectivity index (χ3n) is 3.99. The fourth-order valence-electron chi connectivity index (χ4n) is 2.79. The number of ether oxygens (including phenoxy) is 1. The van der Waals surface area contributed by atoms with Gasteiger partial charge in [-0.1, -0.05) is 12.1 Å². The van der Waals surface area contributed by atoms with Crippen molar-refractivity contribution in [3.05, 3.63) is 42.1 Å². The molecule has 22 heavy (non-hydrogen) atoms. The Kier molecular flexibility index (Phi) is 4.42. The molecule has 0 atom stereocenters. The van der Waals surface area contributed by atoms with Crippen LogP contribution in [-0.2, 0) is 0 Å². The van der Waals surface area contributed by atoms with Gasteiger partial charge in [-0.3, -0.25) is 0 Å². The van der Waals surface area contributed by atoms with Crippen LogP contribution >= 0.6 is 0 Å². The van der Waals surface area contributed by atoms with Crippen molar-refractivity contribution in [2.24, 2.45) is 0 Å². The highest BCUT2D eigenvalue weighted by Crippen LogP contribution is 2.21. The molecule has 1 aromatic heterocycles. The van der Waals surface area contributed by atoms with Crippen LogP contribution in [-0.4, -0.2) is 36.2 Å². The number of methoxy groups -OCH3 is 1. The lowest BCUT2D eigenvalue weighted by atomic mass is 10.0. The van der Waals surface area contributed by atoms with Gasteiger partial charge >= 0.3 is 0 Å². The summed E-state index contributed by atoms with van der Waals surface area (Å²) in [6.45, 7) is 4.03. The first-order chi connectivity index (χ1) is 10.7. The Morgan fingerprint density at radius 3 is 2.77 bits per heavy atom. The van der Waals surface area contributed by atoms with Crippen LogP contribution in [0.4, 0.5) is 11.6 Å². The Morgan fingerprint density at radius 2 is 2.05 bits per heavy atom. The van der Waals surface area contributed by atoms with Gasteiger partial charge in [0.05, 0.1) is 7.11 Å². The minimum Gasteiger partial charge on any atom is -0.481 e. The van der Waals surface area contributed by atoms with Crippen LogP contribution in [0.3, 0.4) is 0 Å². The van der Waals surface area contributed by atoms with E-state index < -0.39 is 0 Å². The van der Waals surface area contributed by atoms with E-state index in [1.165, 1.54) is 11.3 Å². The zero-order valence-electron chi connectivity index (χ0n) is 13.1. The second kappa shape index (κ2) is 6.64. The highest BCUT2D eigenvalue weighted by atomic mass is 16.5. The predicted octanol–water partition coefficient (Wildman–Crippen LogP) is 2.87. The van der Waals surface area contributed by atoms with Crippen molar-refractivity contribution in [3.63, 3.8) is 0 Å². The van der Waals surface area contributed by atoms with E-state index in [0.29, 0.717) is 11.9 Å². The quantitative estimate of drug-likeness (QED) is 0.940. The minimum atomic E-state index is 0.503. The molecule has 0 unspecified atom stereocenters. The van der Waals surface area contributed by atoms with E-state index in [2.05, 4.69) is 51.4 Å². The van der Waals surface area contributed by atoms with Crippen LogP contribution in [0.1, 0.15) is 18.4 Å². The maximum absolute atomic E-state index is 5.17. The number of nitrogens with one attached hydrogen (secondary N) is 1. The number of benzene rings is 1. The van der Waals surface area contributed by atoms with Crippen molar-refractivity contribution >= 4 is 11.6 Å². The molecule has 1 N–H and O–H groups in total. The number of hydrogen-bond acceptors (Lipinski definition) is 5. The predicted molar refractivity (Wildman–Crippen MR) is 88.6 cm³/mol. The summed E-state index contributed by atoms with van der Waals surface area (Å²) < 4.78 is 5.17. The van der Waals surface area contributed by atoms with Gasteiger partial charge in [0, 0.05) is 37.1 Å². The average molecular weight is 298 g/mol. The van der Waals surface area contributed by atoms with Crippen LogP contribution in [0.2, 0.25) is 0 Å². The molecule has 3 rings (SSSR count). The van der Waals surface area contributed by atoms with Gasteiger partial charge < -0.3 is 15.0 Å². The summed E-state index contributed by atoms with van der Waals surface area (Å²) in [7, 11) is 1.63. The fraction of sp³-hybridized carbons (Fsp3) is 0.412. The number of hydrogen-bond donors (Lipinski definition) is 1. The standard InChI is InChI=1S/C17H22N4O/c1-13-4-3-5-15(12-13)19-14-7-10-21(11-8-14)17-18-9-6-16(20-17)22-2/h3-6,9,12,14,19H,7-8,10-11H2,1-2H3. The first-order valence-corrected chi connectivity index (χ1v) is 7.70. The van der Waals surface area contributed by atoms with E-state index in [1.807, 2.05) is 0 Å². The monoisotopic (exact) mass is 298 g/mol. The zero-order chi connectivity index (χ0) is 15.4. The van der Waals surface area contributed by atoms with Gasteiger partial charge in [0.25, 0.3) is 0 Å². The number of anilines is 2. The molecule has 1 aliphatic heterocycles. The summed E-state index contributed by atoms with van der Waals surface area (Å²) in [4.78, 5) is 11.0. The van der Waals surface area contributed by atoms with E-state index in [9.17, 15) is 0 Å². The number of piperidine rings is 1. The third kappa shape index (κ3) is 3.47. The summed E-state index contributed by atoms with van der Waals surface area (Å²) in [6, 6.07) is 10.8. The molecule has 5 heteroatoms.